The minimum absolute atomic E-state index is 0.000384. The first kappa shape index (κ1) is 17.1. The molecule has 8 heteroatoms. The number of rotatable bonds is 3. The summed E-state index contributed by atoms with van der Waals surface area (Å²) >= 11 is 0. The topological polar surface area (TPSA) is 96.8 Å². The highest BCUT2D eigenvalue weighted by atomic mass is 16.2. The van der Waals surface area contributed by atoms with E-state index >= 15 is 0 Å². The van der Waals surface area contributed by atoms with Crippen molar-refractivity contribution in [2.24, 2.45) is 7.05 Å². The van der Waals surface area contributed by atoms with Crippen molar-refractivity contribution in [3.05, 3.63) is 64.2 Å². The van der Waals surface area contributed by atoms with E-state index in [1.54, 1.807) is 28.2 Å². The van der Waals surface area contributed by atoms with Gasteiger partial charge in [-0.2, -0.15) is 5.10 Å². The van der Waals surface area contributed by atoms with E-state index in [2.05, 4.69) is 20.1 Å². The van der Waals surface area contributed by atoms with Crippen molar-refractivity contribution in [1.82, 2.24) is 29.6 Å². The maximum atomic E-state index is 12.8. The van der Waals surface area contributed by atoms with Crippen molar-refractivity contribution in [3.8, 4) is 11.3 Å². The number of aromatic nitrogens is 5. The molecule has 1 saturated heterocycles. The molecule has 0 bridgehead atoms. The summed E-state index contributed by atoms with van der Waals surface area (Å²) in [7, 11) is 1.82. The summed E-state index contributed by atoms with van der Waals surface area (Å²) < 4.78 is 1.69. The van der Waals surface area contributed by atoms with Gasteiger partial charge in [0.25, 0.3) is 11.5 Å². The smallest absolute Gasteiger partial charge is 0.257 e. The molecule has 1 aliphatic rings. The number of nitrogens with one attached hydrogen (secondary N) is 1. The highest BCUT2D eigenvalue weighted by molar-refractivity contribution is 5.95. The molecule has 1 aliphatic heterocycles. The number of aromatic amines is 1. The molecule has 3 aromatic rings. The van der Waals surface area contributed by atoms with E-state index < -0.39 is 0 Å². The van der Waals surface area contributed by atoms with Crippen molar-refractivity contribution >= 4 is 5.91 Å². The van der Waals surface area contributed by atoms with Crippen LogP contribution in [0.15, 0.2) is 41.6 Å². The molecule has 1 amide bonds. The summed E-state index contributed by atoms with van der Waals surface area (Å²) in [5.41, 5.74) is 2.72. The fourth-order valence-corrected chi connectivity index (χ4v) is 3.39. The zero-order valence-corrected chi connectivity index (χ0v) is 15.2. The summed E-state index contributed by atoms with van der Waals surface area (Å²) in [5.74, 6) is 0.587. The average molecular weight is 364 g/mol. The van der Waals surface area contributed by atoms with Crippen molar-refractivity contribution in [2.45, 2.75) is 19.3 Å². The number of nitrogens with zero attached hydrogens (tertiary/aromatic N) is 5. The van der Waals surface area contributed by atoms with Crippen molar-refractivity contribution in [3.63, 3.8) is 0 Å². The van der Waals surface area contributed by atoms with Crippen LogP contribution >= 0.6 is 0 Å². The first-order chi connectivity index (χ1) is 13.0. The van der Waals surface area contributed by atoms with Gasteiger partial charge in [0.15, 0.2) is 0 Å². The molecule has 1 unspecified atom stereocenters. The van der Waals surface area contributed by atoms with Crippen molar-refractivity contribution < 1.29 is 4.79 Å². The molecule has 4 rings (SSSR count). The Morgan fingerprint density at radius 3 is 2.78 bits per heavy atom. The molecule has 3 aromatic heterocycles. The van der Waals surface area contributed by atoms with Crippen LogP contribution in [0.4, 0.5) is 0 Å². The Morgan fingerprint density at radius 1 is 1.30 bits per heavy atom. The van der Waals surface area contributed by atoms with Gasteiger partial charge in [0.05, 0.1) is 17.5 Å². The van der Waals surface area contributed by atoms with Crippen LogP contribution in [-0.4, -0.2) is 48.6 Å². The van der Waals surface area contributed by atoms with Gasteiger partial charge in [0.1, 0.15) is 5.82 Å². The molecule has 1 N–H and O–H groups in total. The number of carbonyl (C=O) groups excluding carboxylic acids is 1. The predicted octanol–water partition coefficient (Wildman–Crippen LogP) is 1.50. The van der Waals surface area contributed by atoms with E-state index in [0.29, 0.717) is 30.2 Å². The lowest BCUT2D eigenvalue weighted by Gasteiger charge is -2.16. The molecule has 138 valence electrons. The van der Waals surface area contributed by atoms with Gasteiger partial charge < -0.3 is 9.88 Å². The zero-order chi connectivity index (χ0) is 19.0. The zero-order valence-electron chi connectivity index (χ0n) is 15.2. The van der Waals surface area contributed by atoms with Crippen LogP contribution in [0.1, 0.15) is 34.2 Å². The number of pyridine rings is 1. The van der Waals surface area contributed by atoms with Gasteiger partial charge in [-0.1, -0.05) is 0 Å². The molecule has 0 saturated carbocycles. The van der Waals surface area contributed by atoms with Crippen LogP contribution in [0.3, 0.4) is 0 Å². The third-order valence-electron chi connectivity index (χ3n) is 5.06. The lowest BCUT2D eigenvalue weighted by atomic mass is 10.1. The Labute approximate surface area is 155 Å². The van der Waals surface area contributed by atoms with Crippen LogP contribution in [0.2, 0.25) is 0 Å². The summed E-state index contributed by atoms with van der Waals surface area (Å²) in [5, 5.41) is 4.15. The summed E-state index contributed by atoms with van der Waals surface area (Å²) in [4.78, 5) is 38.2. The monoisotopic (exact) mass is 364 g/mol. The van der Waals surface area contributed by atoms with Gasteiger partial charge >= 0.3 is 0 Å². The van der Waals surface area contributed by atoms with E-state index in [1.807, 2.05) is 26.1 Å². The molecular weight excluding hydrogens is 344 g/mol. The summed E-state index contributed by atoms with van der Waals surface area (Å²) in [6.45, 7) is 3.03. The molecule has 0 spiro atoms. The Hall–Kier alpha value is -3.29. The molecule has 27 heavy (non-hydrogen) atoms. The standard InChI is InChI=1S/C19H20N6O2/c1-12-15(10-21-24(12)2)19(27)25-8-5-14(11-25)18-22-16(9-17(26)23-18)13-3-6-20-7-4-13/h3-4,6-7,9-10,14H,5,8,11H2,1-2H3,(H,22,23,26). The Kier molecular flexibility index (Phi) is 4.31. The molecule has 4 heterocycles. The number of aryl methyl sites for hydroxylation is 1. The van der Waals surface area contributed by atoms with Crippen LogP contribution in [-0.2, 0) is 7.05 Å². The van der Waals surface area contributed by atoms with Crippen LogP contribution in [0, 0.1) is 6.92 Å². The second kappa shape index (κ2) is 6.79. The Bertz CT molecular complexity index is 1040. The van der Waals surface area contributed by atoms with Crippen LogP contribution in [0.25, 0.3) is 11.3 Å². The van der Waals surface area contributed by atoms with Gasteiger partial charge in [-0.3, -0.25) is 19.3 Å². The molecular formula is C19H20N6O2. The first-order valence-electron chi connectivity index (χ1n) is 8.82. The molecule has 1 fully saturated rings. The predicted molar refractivity (Wildman–Crippen MR) is 99.3 cm³/mol. The Balaban J connectivity index is 1.57. The fourth-order valence-electron chi connectivity index (χ4n) is 3.39. The van der Waals surface area contributed by atoms with E-state index in [9.17, 15) is 9.59 Å². The van der Waals surface area contributed by atoms with Crippen LogP contribution in [0.5, 0.6) is 0 Å². The number of amides is 1. The quantitative estimate of drug-likeness (QED) is 0.760. The summed E-state index contributed by atoms with van der Waals surface area (Å²) in [6.07, 6.45) is 5.71. The first-order valence-corrected chi connectivity index (χ1v) is 8.82. The van der Waals surface area contributed by atoms with E-state index in [0.717, 1.165) is 17.7 Å². The Morgan fingerprint density at radius 2 is 2.07 bits per heavy atom. The van der Waals surface area contributed by atoms with Crippen molar-refractivity contribution in [1.29, 1.82) is 0 Å². The van der Waals surface area contributed by atoms with Crippen LogP contribution < -0.4 is 5.56 Å². The van der Waals surface area contributed by atoms with E-state index in [4.69, 9.17) is 0 Å². The van der Waals surface area contributed by atoms with Crippen molar-refractivity contribution in [2.75, 3.05) is 13.1 Å². The molecule has 1 atom stereocenters. The largest absolute Gasteiger partial charge is 0.338 e. The highest BCUT2D eigenvalue weighted by Gasteiger charge is 2.31. The molecule has 0 aromatic carbocycles. The number of H-pyrrole nitrogens is 1. The number of carbonyl (C=O) groups is 1. The van der Waals surface area contributed by atoms with Gasteiger partial charge in [-0.25, -0.2) is 4.98 Å². The lowest BCUT2D eigenvalue weighted by Crippen LogP contribution is -2.29. The number of hydrogen-bond acceptors (Lipinski definition) is 5. The van der Waals surface area contributed by atoms with Gasteiger partial charge in [0, 0.05) is 55.8 Å². The number of hydrogen-bond donors (Lipinski definition) is 1. The second-order valence-corrected chi connectivity index (χ2v) is 6.76. The molecule has 0 radical (unpaired) electrons. The third-order valence-corrected chi connectivity index (χ3v) is 5.06. The maximum absolute atomic E-state index is 12.8. The molecule has 0 aliphatic carbocycles. The SMILES string of the molecule is Cc1c(C(=O)N2CCC(c3nc(-c4ccncc4)cc(=O)[nH]3)C2)cnn1C. The normalized spacial score (nSPS) is 16.7. The number of likely N-dealkylation sites (tertiary alicyclic amines) is 1. The van der Waals surface area contributed by atoms with E-state index in [-0.39, 0.29) is 17.4 Å². The third kappa shape index (κ3) is 3.25. The lowest BCUT2D eigenvalue weighted by molar-refractivity contribution is 0.0789. The summed E-state index contributed by atoms with van der Waals surface area (Å²) in [6, 6.07) is 5.12. The highest BCUT2D eigenvalue weighted by Crippen LogP contribution is 2.27. The minimum atomic E-state index is -0.195. The molecule has 8 nitrogen and oxygen atoms in total. The average Bonchev–Trinajstić information content (AvgIpc) is 3.29. The van der Waals surface area contributed by atoms with E-state index in [1.165, 1.54) is 6.07 Å². The van der Waals surface area contributed by atoms with Gasteiger partial charge in [-0.15, -0.1) is 0 Å². The van der Waals surface area contributed by atoms with Gasteiger partial charge in [-0.05, 0) is 25.5 Å². The van der Waals surface area contributed by atoms with Gasteiger partial charge in [0.2, 0.25) is 0 Å². The fraction of sp³-hybridized carbons (Fsp3) is 0.316. The second-order valence-electron chi connectivity index (χ2n) is 6.76. The maximum Gasteiger partial charge on any atom is 0.257 e. The minimum Gasteiger partial charge on any atom is -0.338 e.